The first kappa shape index (κ1) is 21.5. The number of nitrogens with one attached hydrogen (secondary N) is 1. The molecule has 4 rings (SSSR count). The summed E-state index contributed by atoms with van der Waals surface area (Å²) in [6.07, 6.45) is 8.17. The average molecular weight is 432 g/mol. The molecule has 1 spiro atoms. The van der Waals surface area contributed by atoms with E-state index in [9.17, 15) is 13.2 Å². The molecule has 6 nitrogen and oxygen atoms in total. The Morgan fingerprint density at radius 3 is 2.60 bits per heavy atom. The Bertz CT molecular complexity index is 911. The third-order valence-electron chi connectivity index (χ3n) is 6.88. The number of hydrogen-bond acceptors (Lipinski definition) is 4. The molecule has 2 aliphatic heterocycles. The summed E-state index contributed by atoms with van der Waals surface area (Å²) < 4.78 is 27.2. The molecule has 3 aliphatic rings. The minimum absolute atomic E-state index is 0.0282. The lowest BCUT2D eigenvalue weighted by molar-refractivity contribution is -0.125. The lowest BCUT2D eigenvalue weighted by Crippen LogP contribution is -2.50. The molecular formula is C23H33N3O3S. The van der Waals surface area contributed by atoms with Gasteiger partial charge in [-0.1, -0.05) is 49.1 Å². The number of aryl methyl sites for hydroxylation is 2. The molecule has 1 aromatic rings. The van der Waals surface area contributed by atoms with Crippen molar-refractivity contribution in [2.75, 3.05) is 18.8 Å². The summed E-state index contributed by atoms with van der Waals surface area (Å²) in [6.45, 7) is 2.80. The Balaban J connectivity index is 1.33. The smallest absolute Gasteiger partial charge is 0.253 e. The van der Waals surface area contributed by atoms with Gasteiger partial charge in [-0.15, -0.1) is 0 Å². The van der Waals surface area contributed by atoms with Crippen molar-refractivity contribution in [3.8, 4) is 0 Å². The van der Waals surface area contributed by atoms with E-state index in [1.54, 1.807) is 4.31 Å². The van der Waals surface area contributed by atoms with Gasteiger partial charge in [0.2, 0.25) is 10.0 Å². The van der Waals surface area contributed by atoms with Crippen LogP contribution in [0.5, 0.6) is 0 Å². The summed E-state index contributed by atoms with van der Waals surface area (Å²) in [7, 11) is -3.31. The fourth-order valence-electron chi connectivity index (χ4n) is 5.04. The van der Waals surface area contributed by atoms with Crippen LogP contribution >= 0.6 is 0 Å². The number of piperidine rings is 1. The van der Waals surface area contributed by atoms with E-state index in [4.69, 9.17) is 4.99 Å². The van der Waals surface area contributed by atoms with Gasteiger partial charge in [0.15, 0.2) is 0 Å². The molecule has 2 fully saturated rings. The molecule has 0 bridgehead atoms. The first-order valence-electron chi connectivity index (χ1n) is 11.3. The topological polar surface area (TPSA) is 78.8 Å². The van der Waals surface area contributed by atoms with Crippen molar-refractivity contribution in [1.29, 1.82) is 0 Å². The van der Waals surface area contributed by atoms with Gasteiger partial charge < -0.3 is 5.32 Å². The number of carbonyl (C=O) groups excluding carboxylic acids is 1. The predicted octanol–water partition coefficient (Wildman–Crippen LogP) is 3.20. The molecule has 1 amide bonds. The maximum atomic E-state index is 12.8. The van der Waals surface area contributed by atoms with E-state index in [-0.39, 0.29) is 11.7 Å². The molecule has 1 saturated heterocycles. The highest BCUT2D eigenvalue weighted by Crippen LogP contribution is 2.34. The molecular weight excluding hydrogens is 398 g/mol. The fourth-order valence-corrected chi connectivity index (χ4v) is 6.55. The summed E-state index contributed by atoms with van der Waals surface area (Å²) in [5.41, 5.74) is 1.62. The highest BCUT2D eigenvalue weighted by Gasteiger charge is 2.48. The zero-order valence-corrected chi connectivity index (χ0v) is 18.7. The van der Waals surface area contributed by atoms with E-state index in [0.29, 0.717) is 38.3 Å². The van der Waals surface area contributed by atoms with Crippen LogP contribution in [0.25, 0.3) is 0 Å². The van der Waals surface area contributed by atoms with E-state index in [2.05, 4.69) is 11.4 Å². The number of sulfonamides is 1. The third kappa shape index (κ3) is 4.62. The van der Waals surface area contributed by atoms with Gasteiger partial charge in [0.25, 0.3) is 5.91 Å². The zero-order chi connectivity index (χ0) is 21.2. The lowest BCUT2D eigenvalue weighted by Gasteiger charge is -2.34. The van der Waals surface area contributed by atoms with Gasteiger partial charge in [0.05, 0.1) is 5.75 Å². The van der Waals surface area contributed by atoms with Gasteiger partial charge in [-0.2, -0.15) is 0 Å². The monoisotopic (exact) mass is 431 g/mol. The molecule has 2 heterocycles. The number of aliphatic imine (C=N–C) groups is 1. The molecule has 0 radical (unpaired) electrons. The van der Waals surface area contributed by atoms with Crippen molar-refractivity contribution >= 4 is 21.8 Å². The van der Waals surface area contributed by atoms with Gasteiger partial charge in [-0.05, 0) is 51.0 Å². The summed E-state index contributed by atoms with van der Waals surface area (Å²) in [5.74, 6) is 1.34. The van der Waals surface area contributed by atoms with Crippen molar-refractivity contribution in [1.82, 2.24) is 9.62 Å². The highest BCUT2D eigenvalue weighted by molar-refractivity contribution is 7.89. The number of carbonyl (C=O) groups is 1. The second-order valence-corrected chi connectivity index (χ2v) is 11.2. The molecule has 0 unspecified atom stereocenters. The Hall–Kier alpha value is -1.73. The van der Waals surface area contributed by atoms with Crippen LogP contribution in [0.4, 0.5) is 0 Å². The van der Waals surface area contributed by atoms with E-state index >= 15 is 0 Å². The summed E-state index contributed by atoms with van der Waals surface area (Å²) >= 11 is 0. The molecule has 0 atom stereocenters. The van der Waals surface area contributed by atoms with Crippen LogP contribution < -0.4 is 5.32 Å². The third-order valence-corrected chi connectivity index (χ3v) is 8.84. The fraction of sp³-hybridized carbons (Fsp3) is 0.652. The normalized spacial score (nSPS) is 22.8. The molecule has 1 N–H and O–H groups in total. The van der Waals surface area contributed by atoms with Gasteiger partial charge in [-0.25, -0.2) is 12.7 Å². The number of amides is 1. The molecule has 1 saturated carbocycles. The second-order valence-electron chi connectivity index (χ2n) is 9.13. The van der Waals surface area contributed by atoms with E-state index in [1.807, 2.05) is 25.1 Å². The van der Waals surface area contributed by atoms with Crippen LogP contribution in [0.1, 0.15) is 62.5 Å². The molecule has 30 heavy (non-hydrogen) atoms. The number of benzene rings is 1. The van der Waals surface area contributed by atoms with E-state index in [1.165, 1.54) is 30.4 Å². The number of rotatable bonds is 6. The Labute approximate surface area is 180 Å². The van der Waals surface area contributed by atoms with Crippen LogP contribution in [-0.2, 0) is 21.2 Å². The Kier molecular flexibility index (Phi) is 6.30. The number of nitrogens with zero attached hydrogens (tertiary/aromatic N) is 2. The SMILES string of the molecule is Cc1cccc(CCCS(=O)(=O)N2CCC3(CC2)N=C(C2CCCCC2)NC3=O)c1. The van der Waals surface area contributed by atoms with Gasteiger partial charge >= 0.3 is 0 Å². The number of hydrogen-bond donors (Lipinski definition) is 1. The zero-order valence-electron chi connectivity index (χ0n) is 17.9. The lowest BCUT2D eigenvalue weighted by atomic mass is 9.88. The van der Waals surface area contributed by atoms with Crippen LogP contribution in [0.3, 0.4) is 0 Å². The molecule has 1 aromatic carbocycles. The summed E-state index contributed by atoms with van der Waals surface area (Å²) in [5, 5.41) is 3.04. The summed E-state index contributed by atoms with van der Waals surface area (Å²) in [6, 6.07) is 8.21. The van der Waals surface area contributed by atoms with E-state index in [0.717, 1.165) is 25.1 Å². The van der Waals surface area contributed by atoms with Crippen molar-refractivity contribution in [2.24, 2.45) is 10.9 Å². The van der Waals surface area contributed by atoms with Crippen molar-refractivity contribution in [3.63, 3.8) is 0 Å². The van der Waals surface area contributed by atoms with Crippen LogP contribution in [0.15, 0.2) is 29.3 Å². The molecule has 1 aliphatic carbocycles. The van der Waals surface area contributed by atoms with Crippen LogP contribution in [0.2, 0.25) is 0 Å². The maximum Gasteiger partial charge on any atom is 0.253 e. The van der Waals surface area contributed by atoms with Crippen molar-refractivity contribution in [2.45, 2.75) is 70.3 Å². The standard InChI is InChI=1S/C23H33N3O3S/c1-18-7-5-8-19(17-18)9-6-16-30(28,29)26-14-12-23(13-15-26)22(27)24-21(25-23)20-10-3-2-4-11-20/h5,7-8,17,20H,2-4,6,9-16H2,1H3,(H,24,25,27). The predicted molar refractivity (Wildman–Crippen MR) is 119 cm³/mol. The largest absolute Gasteiger partial charge is 0.312 e. The first-order valence-corrected chi connectivity index (χ1v) is 12.9. The quantitative estimate of drug-likeness (QED) is 0.751. The van der Waals surface area contributed by atoms with Crippen molar-refractivity contribution in [3.05, 3.63) is 35.4 Å². The minimum atomic E-state index is -3.31. The van der Waals surface area contributed by atoms with E-state index < -0.39 is 15.6 Å². The van der Waals surface area contributed by atoms with Crippen LogP contribution in [-0.4, -0.2) is 48.8 Å². The van der Waals surface area contributed by atoms with Crippen molar-refractivity contribution < 1.29 is 13.2 Å². The second kappa shape index (κ2) is 8.79. The Morgan fingerprint density at radius 1 is 1.17 bits per heavy atom. The van der Waals surface area contributed by atoms with Crippen LogP contribution in [0, 0.1) is 12.8 Å². The first-order chi connectivity index (χ1) is 14.4. The average Bonchev–Trinajstić information content (AvgIpc) is 3.05. The summed E-state index contributed by atoms with van der Waals surface area (Å²) in [4.78, 5) is 17.6. The van der Waals surface area contributed by atoms with Gasteiger partial charge in [-0.3, -0.25) is 9.79 Å². The minimum Gasteiger partial charge on any atom is -0.312 e. The van der Waals surface area contributed by atoms with Gasteiger partial charge in [0.1, 0.15) is 11.4 Å². The maximum absolute atomic E-state index is 12.8. The number of amidine groups is 1. The molecule has 164 valence electrons. The molecule has 0 aromatic heterocycles. The molecule has 7 heteroatoms. The highest BCUT2D eigenvalue weighted by atomic mass is 32.2. The Morgan fingerprint density at radius 2 is 1.90 bits per heavy atom. The van der Waals surface area contributed by atoms with Gasteiger partial charge in [0, 0.05) is 19.0 Å².